The van der Waals surface area contributed by atoms with Crippen molar-refractivity contribution < 1.29 is 36.7 Å². The Labute approximate surface area is 182 Å². The highest BCUT2D eigenvalue weighted by atomic mass is 19.4. The summed E-state index contributed by atoms with van der Waals surface area (Å²) < 4.78 is 56.0. The quantitative estimate of drug-likeness (QED) is 0.424. The van der Waals surface area contributed by atoms with Gasteiger partial charge in [-0.25, -0.2) is 14.5 Å². The van der Waals surface area contributed by atoms with Gasteiger partial charge in [0.2, 0.25) is 0 Å². The van der Waals surface area contributed by atoms with E-state index in [2.05, 4.69) is 0 Å². The molecule has 32 heavy (non-hydrogen) atoms. The molecule has 0 radical (unpaired) electrons. The number of halogens is 3. The molecule has 1 aromatic carbocycles. The van der Waals surface area contributed by atoms with Crippen molar-refractivity contribution in [2.75, 3.05) is 13.2 Å². The molecule has 10 heteroatoms. The molecule has 174 valence electrons. The number of hydrogen-bond acceptors (Lipinski definition) is 6. The second-order valence-corrected chi connectivity index (χ2v) is 8.04. The molecule has 0 N–H and O–H groups in total. The maximum atomic E-state index is 13.4. The van der Waals surface area contributed by atoms with E-state index in [1.54, 1.807) is 0 Å². The topological polar surface area (TPSA) is 86.0 Å². The fraction of sp³-hybridized carbons (Fsp3) is 0.500. The highest BCUT2D eigenvalue weighted by Crippen LogP contribution is 2.37. The van der Waals surface area contributed by atoms with Crippen molar-refractivity contribution in [2.45, 2.75) is 58.2 Å². The van der Waals surface area contributed by atoms with Crippen molar-refractivity contribution in [3.8, 4) is 5.75 Å². The third kappa shape index (κ3) is 4.73. The molecule has 0 bridgehead atoms. The number of rotatable bonds is 8. The van der Waals surface area contributed by atoms with Gasteiger partial charge in [0, 0.05) is 23.6 Å². The van der Waals surface area contributed by atoms with Gasteiger partial charge in [-0.1, -0.05) is 13.3 Å². The predicted octanol–water partition coefficient (Wildman–Crippen LogP) is 4.68. The minimum atomic E-state index is -4.69. The number of nitrogens with zero attached hydrogens (tertiary/aromatic N) is 1. The smallest absolute Gasteiger partial charge is 0.417 e. The van der Waals surface area contributed by atoms with E-state index in [0.717, 1.165) is 4.90 Å². The number of carbonyl (C=O) groups is 2. The zero-order chi connectivity index (χ0) is 23.7. The summed E-state index contributed by atoms with van der Waals surface area (Å²) in [6, 6.07) is 3.12. The first-order chi connectivity index (χ1) is 15.0. The molecule has 2 amide bonds. The van der Waals surface area contributed by atoms with Crippen LogP contribution in [-0.4, -0.2) is 35.7 Å². The molecule has 2 aromatic rings. The molecule has 1 fully saturated rings. The monoisotopic (exact) mass is 455 g/mol. The van der Waals surface area contributed by atoms with Crippen LogP contribution in [0.5, 0.6) is 5.75 Å². The number of aryl methyl sites for hydroxylation is 1. The molecule has 0 atom stereocenters. The van der Waals surface area contributed by atoms with E-state index in [-0.39, 0.29) is 24.1 Å². The number of amides is 2. The summed E-state index contributed by atoms with van der Waals surface area (Å²) in [4.78, 5) is 36.7. The number of hydrogen-bond donors (Lipinski definition) is 0. The van der Waals surface area contributed by atoms with Crippen LogP contribution in [-0.2, 0) is 22.1 Å². The first-order valence-electron chi connectivity index (χ1n) is 10.3. The molecule has 2 heterocycles. The van der Waals surface area contributed by atoms with Crippen molar-refractivity contribution in [2.24, 2.45) is 0 Å². The molecule has 1 aromatic heterocycles. The lowest BCUT2D eigenvalue weighted by molar-refractivity contribution is -0.136. The average Bonchev–Trinajstić information content (AvgIpc) is 2.89. The standard InChI is InChI=1S/C22H24F3NO6/c1-4-7-14-16(9-8-13-15(22(23,24)25)12-17(27)31-18(13)14)30-11-6-5-10-26-19(28)21(2,3)32-20(26)29/h8-9,12H,4-7,10-11H2,1-3H3. The summed E-state index contributed by atoms with van der Waals surface area (Å²) in [7, 11) is 0. The number of imide groups is 1. The van der Waals surface area contributed by atoms with Crippen molar-refractivity contribution >= 4 is 23.0 Å². The van der Waals surface area contributed by atoms with Gasteiger partial charge in [0.15, 0.2) is 5.60 Å². The van der Waals surface area contributed by atoms with Crippen LogP contribution < -0.4 is 10.4 Å². The van der Waals surface area contributed by atoms with Gasteiger partial charge in [-0.3, -0.25) is 4.79 Å². The molecule has 0 aliphatic carbocycles. The molecule has 7 nitrogen and oxygen atoms in total. The highest BCUT2D eigenvalue weighted by molar-refractivity contribution is 6.02. The van der Waals surface area contributed by atoms with Crippen LogP contribution >= 0.6 is 0 Å². The second kappa shape index (κ2) is 8.84. The largest absolute Gasteiger partial charge is 0.493 e. The average molecular weight is 455 g/mol. The number of fused-ring (bicyclic) bond motifs is 1. The van der Waals surface area contributed by atoms with Crippen molar-refractivity contribution in [1.82, 2.24) is 4.90 Å². The summed E-state index contributed by atoms with van der Waals surface area (Å²) in [6.45, 7) is 5.27. The summed E-state index contributed by atoms with van der Waals surface area (Å²) >= 11 is 0. The molecule has 1 aliphatic rings. The van der Waals surface area contributed by atoms with E-state index in [1.807, 2.05) is 6.92 Å². The Kier molecular flexibility index (Phi) is 6.52. The van der Waals surface area contributed by atoms with Crippen LogP contribution in [0.25, 0.3) is 11.0 Å². The summed E-state index contributed by atoms with van der Waals surface area (Å²) in [5, 5.41) is -0.193. The van der Waals surface area contributed by atoms with Crippen LogP contribution in [0.3, 0.4) is 0 Å². The molecule has 3 rings (SSSR count). The SMILES string of the molecule is CCCc1c(OCCCCN2C(=O)OC(C)(C)C2=O)ccc2c(C(F)(F)F)cc(=O)oc12. The maximum Gasteiger partial charge on any atom is 0.417 e. The summed E-state index contributed by atoms with van der Waals surface area (Å²) in [5.41, 5.74) is -3.03. The summed E-state index contributed by atoms with van der Waals surface area (Å²) in [6.07, 6.45) is -3.47. The molecule has 0 spiro atoms. The van der Waals surface area contributed by atoms with Crippen LogP contribution in [0.2, 0.25) is 0 Å². The van der Waals surface area contributed by atoms with Crippen LogP contribution in [0.4, 0.5) is 18.0 Å². The summed E-state index contributed by atoms with van der Waals surface area (Å²) in [5.74, 6) is -0.0710. The van der Waals surface area contributed by atoms with E-state index < -0.39 is 35.0 Å². The van der Waals surface area contributed by atoms with Gasteiger partial charge in [0.25, 0.3) is 5.91 Å². The Bertz CT molecular complexity index is 1090. The third-order valence-electron chi connectivity index (χ3n) is 5.13. The van der Waals surface area contributed by atoms with E-state index in [9.17, 15) is 27.6 Å². The zero-order valence-electron chi connectivity index (χ0n) is 18.0. The normalized spacial score (nSPS) is 16.0. The first kappa shape index (κ1) is 23.6. The Morgan fingerprint density at radius 3 is 2.44 bits per heavy atom. The molecule has 0 unspecified atom stereocenters. The van der Waals surface area contributed by atoms with E-state index in [4.69, 9.17) is 13.9 Å². The van der Waals surface area contributed by atoms with Gasteiger partial charge in [-0.15, -0.1) is 0 Å². The maximum absolute atomic E-state index is 13.4. The second-order valence-electron chi connectivity index (χ2n) is 8.04. The Hall–Kier alpha value is -3.04. The van der Waals surface area contributed by atoms with E-state index in [1.165, 1.54) is 26.0 Å². The Morgan fingerprint density at radius 1 is 1.12 bits per heavy atom. The van der Waals surface area contributed by atoms with Gasteiger partial charge in [-0.2, -0.15) is 13.2 Å². The zero-order valence-corrected chi connectivity index (χ0v) is 18.0. The van der Waals surface area contributed by atoms with Crippen molar-refractivity contribution in [3.05, 3.63) is 39.7 Å². The molecule has 1 saturated heterocycles. The van der Waals surface area contributed by atoms with Crippen molar-refractivity contribution in [1.29, 1.82) is 0 Å². The fourth-order valence-electron chi connectivity index (χ4n) is 3.59. The van der Waals surface area contributed by atoms with Crippen LogP contribution in [0, 0.1) is 0 Å². The molecular formula is C22H24F3NO6. The van der Waals surface area contributed by atoms with Gasteiger partial charge in [0.05, 0.1) is 12.2 Å². The van der Waals surface area contributed by atoms with E-state index in [0.29, 0.717) is 43.1 Å². The number of unbranched alkanes of at least 4 members (excludes halogenated alkanes) is 1. The molecular weight excluding hydrogens is 431 g/mol. The minimum Gasteiger partial charge on any atom is -0.493 e. The van der Waals surface area contributed by atoms with Crippen LogP contribution in [0.15, 0.2) is 27.4 Å². The Balaban J connectivity index is 1.72. The number of carbonyl (C=O) groups excluding carboxylic acids is 2. The lowest BCUT2D eigenvalue weighted by atomic mass is 10.0. The van der Waals surface area contributed by atoms with E-state index >= 15 is 0 Å². The van der Waals surface area contributed by atoms with Gasteiger partial charge in [-0.05, 0) is 45.2 Å². The number of ether oxygens (including phenoxy) is 2. The van der Waals surface area contributed by atoms with Gasteiger partial charge < -0.3 is 13.9 Å². The number of alkyl halides is 3. The number of benzene rings is 1. The minimum absolute atomic E-state index is 0.128. The third-order valence-corrected chi connectivity index (χ3v) is 5.13. The Morgan fingerprint density at radius 2 is 1.84 bits per heavy atom. The highest BCUT2D eigenvalue weighted by Gasteiger charge is 2.46. The van der Waals surface area contributed by atoms with Crippen LogP contribution in [0.1, 0.15) is 51.2 Å². The first-order valence-corrected chi connectivity index (χ1v) is 10.3. The predicted molar refractivity (Wildman–Crippen MR) is 108 cm³/mol. The fourth-order valence-corrected chi connectivity index (χ4v) is 3.59. The lowest BCUT2D eigenvalue weighted by Gasteiger charge is -2.16. The van der Waals surface area contributed by atoms with Gasteiger partial charge >= 0.3 is 17.9 Å². The number of cyclic esters (lactones) is 1. The molecule has 1 aliphatic heterocycles. The van der Waals surface area contributed by atoms with Crippen molar-refractivity contribution in [3.63, 3.8) is 0 Å². The van der Waals surface area contributed by atoms with Gasteiger partial charge in [0.1, 0.15) is 11.3 Å². The lowest BCUT2D eigenvalue weighted by Crippen LogP contribution is -2.36. The molecule has 0 saturated carbocycles.